The molecule has 3 heterocycles. The van der Waals surface area contributed by atoms with Crippen LogP contribution in [0.4, 0.5) is 0 Å². The van der Waals surface area contributed by atoms with Gasteiger partial charge in [-0.25, -0.2) is 9.67 Å². The van der Waals surface area contributed by atoms with E-state index in [0.717, 1.165) is 43.1 Å². The number of hydrogen-bond acceptors (Lipinski definition) is 3. The number of amides is 1. The lowest BCUT2D eigenvalue weighted by atomic mass is 10.0. The van der Waals surface area contributed by atoms with Crippen molar-refractivity contribution < 1.29 is 4.79 Å². The van der Waals surface area contributed by atoms with Crippen molar-refractivity contribution in [3.05, 3.63) is 35.7 Å². The first kappa shape index (κ1) is 15.4. The zero-order valence-corrected chi connectivity index (χ0v) is 14.5. The Morgan fingerprint density at radius 3 is 2.83 bits per heavy atom. The lowest BCUT2D eigenvalue weighted by Gasteiger charge is -2.32. The molecule has 2 aliphatic rings. The first-order valence-corrected chi connectivity index (χ1v) is 8.93. The second-order valence-corrected chi connectivity index (χ2v) is 7.26. The van der Waals surface area contributed by atoms with E-state index in [1.807, 2.05) is 9.58 Å². The van der Waals surface area contributed by atoms with Gasteiger partial charge in [0.15, 0.2) is 0 Å². The van der Waals surface area contributed by atoms with Crippen molar-refractivity contribution in [3.8, 4) is 0 Å². The zero-order valence-electron chi connectivity index (χ0n) is 14.5. The highest BCUT2D eigenvalue weighted by molar-refractivity contribution is 5.95. The molecule has 1 aliphatic heterocycles. The van der Waals surface area contributed by atoms with E-state index < -0.39 is 0 Å². The van der Waals surface area contributed by atoms with E-state index in [0.29, 0.717) is 6.54 Å². The number of rotatable bonds is 4. The SMILES string of the molecule is Cc1cc(C(=O)N2CCC[C@@H](n3cncn3)C2)c(C)n1CC1CC1. The predicted molar refractivity (Wildman–Crippen MR) is 90.8 cm³/mol. The van der Waals surface area contributed by atoms with Gasteiger partial charge in [0.2, 0.25) is 0 Å². The smallest absolute Gasteiger partial charge is 0.255 e. The quantitative estimate of drug-likeness (QED) is 0.867. The maximum absolute atomic E-state index is 13.1. The summed E-state index contributed by atoms with van der Waals surface area (Å²) >= 11 is 0. The highest BCUT2D eigenvalue weighted by Gasteiger charge is 2.29. The number of aryl methyl sites for hydroxylation is 1. The van der Waals surface area contributed by atoms with Crippen molar-refractivity contribution in [3.63, 3.8) is 0 Å². The molecule has 2 aromatic rings. The Bertz CT molecular complexity index is 729. The average molecular weight is 327 g/mol. The first-order chi connectivity index (χ1) is 11.6. The van der Waals surface area contributed by atoms with E-state index in [2.05, 4.69) is 34.6 Å². The van der Waals surface area contributed by atoms with E-state index in [1.54, 1.807) is 12.7 Å². The topological polar surface area (TPSA) is 56.0 Å². The molecule has 0 bridgehead atoms. The summed E-state index contributed by atoms with van der Waals surface area (Å²) in [7, 11) is 0. The van der Waals surface area contributed by atoms with Gasteiger partial charge in [-0.15, -0.1) is 0 Å². The molecule has 128 valence electrons. The molecule has 0 aromatic carbocycles. The Labute approximate surface area is 142 Å². The fraction of sp³-hybridized carbons (Fsp3) is 0.611. The molecule has 1 aliphatic carbocycles. The number of hydrogen-bond donors (Lipinski definition) is 0. The number of likely N-dealkylation sites (tertiary alicyclic amines) is 1. The second-order valence-electron chi connectivity index (χ2n) is 7.26. The molecule has 0 N–H and O–H groups in total. The van der Waals surface area contributed by atoms with E-state index in [1.165, 1.54) is 18.5 Å². The number of carbonyl (C=O) groups excluding carboxylic acids is 1. The van der Waals surface area contributed by atoms with Crippen molar-refractivity contribution in [2.24, 2.45) is 5.92 Å². The first-order valence-electron chi connectivity index (χ1n) is 8.93. The molecule has 1 atom stereocenters. The molecule has 2 fully saturated rings. The van der Waals surface area contributed by atoms with Crippen molar-refractivity contribution in [1.82, 2.24) is 24.2 Å². The molecule has 6 nitrogen and oxygen atoms in total. The minimum absolute atomic E-state index is 0.162. The van der Waals surface area contributed by atoms with Gasteiger partial charge in [0.1, 0.15) is 12.7 Å². The van der Waals surface area contributed by atoms with Crippen LogP contribution in [0.2, 0.25) is 0 Å². The zero-order chi connectivity index (χ0) is 16.7. The van der Waals surface area contributed by atoms with Gasteiger partial charge in [-0.05, 0) is 51.5 Å². The molecule has 0 unspecified atom stereocenters. The number of carbonyl (C=O) groups is 1. The van der Waals surface area contributed by atoms with Crippen molar-refractivity contribution in [1.29, 1.82) is 0 Å². The molecule has 0 radical (unpaired) electrons. The molecule has 4 rings (SSSR count). The van der Waals surface area contributed by atoms with Gasteiger partial charge in [0, 0.05) is 31.0 Å². The Morgan fingerprint density at radius 2 is 2.12 bits per heavy atom. The Morgan fingerprint density at radius 1 is 1.29 bits per heavy atom. The standard InChI is InChI=1S/C18H25N5O/c1-13-8-17(14(2)22(13)9-15-5-6-15)18(24)21-7-3-4-16(10-21)23-12-19-11-20-23/h8,11-12,15-16H,3-7,9-10H2,1-2H3/t16-/m1/s1. The normalized spacial score (nSPS) is 21.2. The van der Waals surface area contributed by atoms with Crippen LogP contribution in [0.3, 0.4) is 0 Å². The maximum Gasteiger partial charge on any atom is 0.255 e. The number of piperidine rings is 1. The fourth-order valence-electron chi connectivity index (χ4n) is 3.79. The molecule has 6 heteroatoms. The lowest BCUT2D eigenvalue weighted by Crippen LogP contribution is -2.41. The van der Waals surface area contributed by atoms with Crippen LogP contribution in [-0.2, 0) is 6.54 Å². The van der Waals surface area contributed by atoms with E-state index in [4.69, 9.17) is 0 Å². The van der Waals surface area contributed by atoms with Crippen LogP contribution in [0.5, 0.6) is 0 Å². The summed E-state index contributed by atoms with van der Waals surface area (Å²) in [5, 5.41) is 4.25. The third kappa shape index (κ3) is 2.85. The highest BCUT2D eigenvalue weighted by atomic mass is 16.2. The van der Waals surface area contributed by atoms with Gasteiger partial charge in [-0.2, -0.15) is 5.10 Å². The van der Waals surface area contributed by atoms with E-state index in [-0.39, 0.29) is 11.9 Å². The summed E-state index contributed by atoms with van der Waals surface area (Å²) in [5.41, 5.74) is 3.19. The van der Waals surface area contributed by atoms with Crippen molar-refractivity contribution in [2.45, 2.75) is 52.1 Å². The van der Waals surface area contributed by atoms with Crippen LogP contribution in [0.25, 0.3) is 0 Å². The van der Waals surface area contributed by atoms with E-state index >= 15 is 0 Å². The number of nitrogens with zero attached hydrogens (tertiary/aromatic N) is 5. The number of aromatic nitrogens is 4. The molecule has 1 amide bonds. The van der Waals surface area contributed by atoms with Gasteiger partial charge in [0.05, 0.1) is 11.6 Å². The Kier molecular flexibility index (Phi) is 3.90. The minimum atomic E-state index is 0.162. The average Bonchev–Trinajstić information content (AvgIpc) is 3.16. The predicted octanol–water partition coefficient (Wildman–Crippen LogP) is 2.58. The molecule has 24 heavy (non-hydrogen) atoms. The van der Waals surface area contributed by atoms with Crippen LogP contribution in [0, 0.1) is 19.8 Å². The summed E-state index contributed by atoms with van der Waals surface area (Å²) in [6.45, 7) is 6.80. The Balaban J connectivity index is 1.52. The molecule has 0 spiro atoms. The highest BCUT2D eigenvalue weighted by Crippen LogP contribution is 2.32. The van der Waals surface area contributed by atoms with Gasteiger partial charge < -0.3 is 9.47 Å². The molecular weight excluding hydrogens is 302 g/mol. The summed E-state index contributed by atoms with van der Waals surface area (Å²) in [6, 6.07) is 2.30. The van der Waals surface area contributed by atoms with Crippen LogP contribution < -0.4 is 0 Å². The van der Waals surface area contributed by atoms with Crippen molar-refractivity contribution >= 4 is 5.91 Å². The third-order valence-electron chi connectivity index (χ3n) is 5.44. The third-order valence-corrected chi connectivity index (χ3v) is 5.44. The van der Waals surface area contributed by atoms with Gasteiger partial charge >= 0.3 is 0 Å². The van der Waals surface area contributed by atoms with Gasteiger partial charge in [-0.3, -0.25) is 4.79 Å². The fourth-order valence-corrected chi connectivity index (χ4v) is 3.79. The monoisotopic (exact) mass is 327 g/mol. The van der Waals surface area contributed by atoms with Crippen LogP contribution >= 0.6 is 0 Å². The van der Waals surface area contributed by atoms with E-state index in [9.17, 15) is 4.79 Å². The lowest BCUT2D eigenvalue weighted by molar-refractivity contribution is 0.0672. The summed E-state index contributed by atoms with van der Waals surface area (Å²) < 4.78 is 4.21. The van der Waals surface area contributed by atoms with Gasteiger partial charge in [0.25, 0.3) is 5.91 Å². The molecular formula is C18H25N5O. The summed E-state index contributed by atoms with van der Waals surface area (Å²) in [5.74, 6) is 0.972. The minimum Gasteiger partial charge on any atom is -0.348 e. The second kappa shape index (κ2) is 6.07. The molecule has 1 saturated heterocycles. The summed E-state index contributed by atoms with van der Waals surface area (Å²) in [6.07, 6.45) is 8.02. The molecule has 1 saturated carbocycles. The van der Waals surface area contributed by atoms with Crippen LogP contribution in [-0.4, -0.2) is 43.2 Å². The maximum atomic E-state index is 13.1. The Hall–Kier alpha value is -2.11. The van der Waals surface area contributed by atoms with Crippen LogP contribution in [0.1, 0.15) is 53.5 Å². The van der Waals surface area contributed by atoms with Crippen LogP contribution in [0.15, 0.2) is 18.7 Å². The summed E-state index contributed by atoms with van der Waals surface area (Å²) in [4.78, 5) is 19.1. The van der Waals surface area contributed by atoms with Crippen molar-refractivity contribution in [2.75, 3.05) is 13.1 Å². The largest absolute Gasteiger partial charge is 0.348 e. The molecule has 2 aromatic heterocycles. The van der Waals surface area contributed by atoms with Gasteiger partial charge in [-0.1, -0.05) is 0 Å².